The fourth-order valence-corrected chi connectivity index (χ4v) is 4.63. The van der Waals surface area contributed by atoms with Crippen molar-refractivity contribution in [3.8, 4) is 0 Å². The fraction of sp³-hybridized carbons (Fsp3) is 0.375. The number of ether oxygens (including phenoxy) is 1. The van der Waals surface area contributed by atoms with E-state index in [2.05, 4.69) is 5.32 Å². The van der Waals surface area contributed by atoms with Gasteiger partial charge in [0.15, 0.2) is 0 Å². The number of carbonyl (C=O) groups is 3. The van der Waals surface area contributed by atoms with E-state index in [4.69, 9.17) is 4.74 Å². The van der Waals surface area contributed by atoms with Gasteiger partial charge in [-0.2, -0.15) is 0 Å². The van der Waals surface area contributed by atoms with Crippen molar-refractivity contribution in [1.29, 1.82) is 0 Å². The minimum absolute atomic E-state index is 0.127. The standard InChI is InChI=1S/C24H24FN3O4/c25-19-6-3-7-20(27-10-1-2-11-27)21(19)26-22(29)15-8-9-17-18(13-15)24(31)28(23(17)30)14-16-5-4-12-32-16/h3,6-9,13,16H,1-2,4-5,10-12,14H2,(H,26,29). The third-order valence-electron chi connectivity index (χ3n) is 6.32. The molecule has 0 aliphatic carbocycles. The molecule has 0 aromatic heterocycles. The average molecular weight is 437 g/mol. The third kappa shape index (κ3) is 3.64. The highest BCUT2D eigenvalue weighted by atomic mass is 19.1. The number of benzene rings is 2. The van der Waals surface area contributed by atoms with Crippen molar-refractivity contribution in [2.24, 2.45) is 0 Å². The maximum atomic E-state index is 14.6. The molecule has 2 fully saturated rings. The molecule has 2 saturated heterocycles. The molecule has 3 heterocycles. The van der Waals surface area contributed by atoms with Gasteiger partial charge in [-0.05, 0) is 56.0 Å². The molecule has 166 valence electrons. The molecule has 3 aliphatic rings. The van der Waals surface area contributed by atoms with Crippen molar-refractivity contribution in [3.63, 3.8) is 0 Å². The van der Waals surface area contributed by atoms with Crippen LogP contribution >= 0.6 is 0 Å². The van der Waals surface area contributed by atoms with Gasteiger partial charge in [-0.1, -0.05) is 6.07 Å². The Bertz CT molecular complexity index is 1090. The van der Waals surface area contributed by atoms with Crippen LogP contribution in [0.3, 0.4) is 0 Å². The quantitative estimate of drug-likeness (QED) is 0.725. The van der Waals surface area contributed by atoms with Crippen molar-refractivity contribution in [1.82, 2.24) is 4.90 Å². The number of fused-ring (bicyclic) bond motifs is 1. The highest BCUT2D eigenvalue weighted by Gasteiger charge is 2.38. The third-order valence-corrected chi connectivity index (χ3v) is 6.32. The summed E-state index contributed by atoms with van der Waals surface area (Å²) in [5.74, 6) is -1.86. The summed E-state index contributed by atoms with van der Waals surface area (Å²) in [6.45, 7) is 2.46. The maximum absolute atomic E-state index is 14.6. The van der Waals surface area contributed by atoms with Gasteiger partial charge in [-0.15, -0.1) is 0 Å². The van der Waals surface area contributed by atoms with E-state index in [1.165, 1.54) is 29.2 Å². The average Bonchev–Trinajstić information content (AvgIpc) is 3.55. The molecule has 0 bridgehead atoms. The Balaban J connectivity index is 1.38. The number of rotatable bonds is 5. The van der Waals surface area contributed by atoms with E-state index in [1.807, 2.05) is 4.90 Å². The number of hydrogen-bond acceptors (Lipinski definition) is 5. The van der Waals surface area contributed by atoms with Crippen LogP contribution < -0.4 is 10.2 Å². The molecule has 1 N–H and O–H groups in total. The number of amides is 3. The van der Waals surface area contributed by atoms with Gasteiger partial charge < -0.3 is 15.0 Å². The lowest BCUT2D eigenvalue weighted by atomic mass is 10.1. The van der Waals surface area contributed by atoms with E-state index >= 15 is 0 Å². The SMILES string of the molecule is O=C(Nc1c(F)cccc1N1CCCC1)c1ccc2c(c1)C(=O)N(CC1CCCO1)C2=O. The Morgan fingerprint density at radius 1 is 1.06 bits per heavy atom. The lowest BCUT2D eigenvalue weighted by Crippen LogP contribution is -2.36. The molecule has 1 unspecified atom stereocenters. The predicted octanol–water partition coefficient (Wildman–Crippen LogP) is 3.45. The monoisotopic (exact) mass is 437 g/mol. The van der Waals surface area contributed by atoms with Gasteiger partial charge in [-0.25, -0.2) is 4.39 Å². The number of anilines is 2. The zero-order chi connectivity index (χ0) is 22.2. The summed E-state index contributed by atoms with van der Waals surface area (Å²) in [5, 5.41) is 2.67. The van der Waals surface area contributed by atoms with E-state index in [0.29, 0.717) is 12.3 Å². The van der Waals surface area contributed by atoms with Gasteiger partial charge in [0.25, 0.3) is 17.7 Å². The Morgan fingerprint density at radius 3 is 2.59 bits per heavy atom. The van der Waals surface area contributed by atoms with Crippen LogP contribution in [0, 0.1) is 5.82 Å². The van der Waals surface area contributed by atoms with E-state index < -0.39 is 17.6 Å². The molecule has 0 radical (unpaired) electrons. The zero-order valence-electron chi connectivity index (χ0n) is 17.6. The van der Waals surface area contributed by atoms with Crippen LogP contribution in [-0.4, -0.2) is 55.0 Å². The van der Waals surface area contributed by atoms with Crippen LogP contribution in [0.15, 0.2) is 36.4 Å². The number of halogens is 1. The molecule has 0 spiro atoms. The summed E-state index contributed by atoms with van der Waals surface area (Å²) in [4.78, 5) is 41.7. The molecular weight excluding hydrogens is 413 g/mol. The van der Waals surface area contributed by atoms with Gasteiger partial charge >= 0.3 is 0 Å². The van der Waals surface area contributed by atoms with Crippen molar-refractivity contribution in [3.05, 3.63) is 58.9 Å². The number of nitrogens with one attached hydrogen (secondary N) is 1. The number of carbonyl (C=O) groups excluding carboxylic acids is 3. The first-order valence-corrected chi connectivity index (χ1v) is 11.0. The molecule has 32 heavy (non-hydrogen) atoms. The summed E-state index contributed by atoms with van der Waals surface area (Å²) >= 11 is 0. The van der Waals surface area contributed by atoms with Gasteiger partial charge in [0.1, 0.15) is 11.5 Å². The van der Waals surface area contributed by atoms with Gasteiger partial charge in [0.2, 0.25) is 0 Å². The number of hydrogen-bond donors (Lipinski definition) is 1. The Kier molecular flexibility index (Phi) is 5.38. The van der Waals surface area contributed by atoms with Gasteiger partial charge in [0.05, 0.1) is 29.5 Å². The minimum atomic E-state index is -0.531. The van der Waals surface area contributed by atoms with E-state index in [0.717, 1.165) is 38.8 Å². The first-order valence-electron chi connectivity index (χ1n) is 11.0. The van der Waals surface area contributed by atoms with Crippen molar-refractivity contribution in [2.75, 3.05) is 36.5 Å². The maximum Gasteiger partial charge on any atom is 0.261 e. The number of nitrogens with zero attached hydrogens (tertiary/aromatic N) is 2. The smallest absolute Gasteiger partial charge is 0.261 e. The lowest BCUT2D eigenvalue weighted by molar-refractivity contribution is 0.0475. The molecule has 5 rings (SSSR count). The normalized spacial score (nSPS) is 20.2. The van der Waals surface area contributed by atoms with Crippen LogP contribution in [-0.2, 0) is 4.74 Å². The second-order valence-corrected chi connectivity index (χ2v) is 8.40. The summed E-state index contributed by atoms with van der Waals surface area (Å²) in [5.41, 5.74) is 1.43. The summed E-state index contributed by atoms with van der Waals surface area (Å²) in [6.07, 6.45) is 3.61. The van der Waals surface area contributed by atoms with Crippen LogP contribution in [0.25, 0.3) is 0 Å². The van der Waals surface area contributed by atoms with Crippen LogP contribution in [0.4, 0.5) is 15.8 Å². The molecule has 2 aromatic carbocycles. The Morgan fingerprint density at radius 2 is 1.84 bits per heavy atom. The van der Waals surface area contributed by atoms with Crippen molar-refractivity contribution >= 4 is 29.1 Å². The highest BCUT2D eigenvalue weighted by molar-refractivity contribution is 6.22. The van der Waals surface area contributed by atoms with E-state index in [-0.39, 0.29) is 40.9 Å². The molecular formula is C24H24FN3O4. The lowest BCUT2D eigenvalue weighted by Gasteiger charge is -2.22. The highest BCUT2D eigenvalue weighted by Crippen LogP contribution is 2.32. The number of imide groups is 1. The largest absolute Gasteiger partial charge is 0.376 e. The molecule has 7 nitrogen and oxygen atoms in total. The zero-order valence-corrected chi connectivity index (χ0v) is 17.6. The minimum Gasteiger partial charge on any atom is -0.376 e. The molecule has 1 atom stereocenters. The van der Waals surface area contributed by atoms with Crippen molar-refractivity contribution in [2.45, 2.75) is 31.8 Å². The second kappa shape index (κ2) is 8.35. The topological polar surface area (TPSA) is 79.0 Å². The Hall–Kier alpha value is -3.26. The van der Waals surface area contributed by atoms with Crippen molar-refractivity contribution < 1.29 is 23.5 Å². The molecule has 2 aromatic rings. The summed E-state index contributed by atoms with van der Waals surface area (Å²) < 4.78 is 20.2. The first kappa shape index (κ1) is 20.6. The van der Waals surface area contributed by atoms with Gasteiger partial charge in [-0.3, -0.25) is 19.3 Å². The fourth-order valence-electron chi connectivity index (χ4n) is 4.63. The van der Waals surface area contributed by atoms with Crippen LogP contribution in [0.5, 0.6) is 0 Å². The predicted molar refractivity (Wildman–Crippen MR) is 117 cm³/mol. The molecule has 0 saturated carbocycles. The number of para-hydroxylation sites is 1. The summed E-state index contributed by atoms with van der Waals surface area (Å²) in [6, 6.07) is 9.12. The Labute approximate surface area is 185 Å². The first-order chi connectivity index (χ1) is 15.5. The van der Waals surface area contributed by atoms with Crippen LogP contribution in [0.2, 0.25) is 0 Å². The molecule has 8 heteroatoms. The van der Waals surface area contributed by atoms with Crippen LogP contribution in [0.1, 0.15) is 56.8 Å². The molecule has 3 aliphatic heterocycles. The second-order valence-electron chi connectivity index (χ2n) is 8.40. The van der Waals surface area contributed by atoms with E-state index in [9.17, 15) is 18.8 Å². The summed E-state index contributed by atoms with van der Waals surface area (Å²) in [7, 11) is 0. The molecule has 3 amide bonds. The van der Waals surface area contributed by atoms with Gasteiger partial charge in [0, 0.05) is 25.3 Å². The van der Waals surface area contributed by atoms with E-state index in [1.54, 1.807) is 12.1 Å².